The molecular formula is C33H34N10O7S3. The number of amides is 4. The van der Waals surface area contributed by atoms with Gasteiger partial charge in [-0.15, -0.1) is 33.3 Å². The molecule has 0 radical (unpaired) electrons. The average molecular weight is 779 g/mol. The number of carbonyl (C=O) groups excluding carboxylic acids is 5. The van der Waals surface area contributed by atoms with Crippen LogP contribution in [0.3, 0.4) is 0 Å². The van der Waals surface area contributed by atoms with Crippen LogP contribution >= 0.6 is 34.4 Å². The monoisotopic (exact) mass is 778 g/mol. The molecule has 20 heteroatoms. The summed E-state index contributed by atoms with van der Waals surface area (Å²) < 4.78 is 1.70. The van der Waals surface area contributed by atoms with E-state index in [9.17, 15) is 29.1 Å². The second kappa shape index (κ2) is 15.4. The Morgan fingerprint density at radius 2 is 1.96 bits per heavy atom. The van der Waals surface area contributed by atoms with Gasteiger partial charge in [-0.2, -0.15) is 4.57 Å². The standard InChI is InChI=1S/C33H34N10O7S3/c1-17-38-39-33(53-17)36-23(44)14-41-9-6-18(7-10-41)13-42-11-8-19(28(42)46)12-20-15-51-30-25(29(47)43(30)26(20)31(48)49)37-27(45)24(22-16-52-32(34)35-22)40-50-21-4-2-3-5-21/h6-7,9-10,12,16,21,25,30H,2-5,8,11,13-15H2,1H3,(H4-,34,35,36,37,39,44,45,48,49)/t25-,30-/m1/s1. The molecule has 1 aliphatic carbocycles. The number of carboxylic acid groups (broad SMARTS) is 1. The Bertz CT molecular complexity index is 2050. The number of aromatic nitrogens is 4. The van der Waals surface area contributed by atoms with Gasteiger partial charge in [0.1, 0.15) is 28.2 Å². The smallest absolute Gasteiger partial charge is 0.292 e. The van der Waals surface area contributed by atoms with Crippen molar-refractivity contribution in [1.82, 2.24) is 30.3 Å². The number of thioether (sulfide) groups is 1. The third kappa shape index (κ3) is 7.93. The number of carboxylic acids is 1. The number of fused-ring (bicyclic) bond motifs is 1. The molecule has 6 heterocycles. The lowest BCUT2D eigenvalue weighted by Crippen LogP contribution is -2.71. The average Bonchev–Trinajstić information content (AvgIpc) is 3.96. The van der Waals surface area contributed by atoms with Gasteiger partial charge in [0.25, 0.3) is 17.7 Å². The first-order valence-corrected chi connectivity index (χ1v) is 19.5. The summed E-state index contributed by atoms with van der Waals surface area (Å²) in [6, 6.07) is 2.60. The minimum Gasteiger partial charge on any atom is -0.543 e. The Labute approximate surface area is 315 Å². The maximum atomic E-state index is 13.4. The molecule has 4 amide bonds. The number of pyridine rings is 1. The van der Waals surface area contributed by atoms with Gasteiger partial charge in [-0.3, -0.25) is 29.4 Å². The zero-order valence-electron chi connectivity index (χ0n) is 28.4. The first-order chi connectivity index (χ1) is 25.5. The molecule has 2 saturated heterocycles. The van der Waals surface area contributed by atoms with Crippen molar-refractivity contribution >= 4 is 80.0 Å². The third-order valence-corrected chi connectivity index (χ3v) is 11.8. The van der Waals surface area contributed by atoms with E-state index < -0.39 is 29.2 Å². The summed E-state index contributed by atoms with van der Waals surface area (Å²) in [5.74, 6) is -3.22. The molecule has 4 N–H and O–H groups in total. The van der Waals surface area contributed by atoms with Crippen molar-refractivity contribution in [2.24, 2.45) is 5.16 Å². The Morgan fingerprint density at radius 3 is 2.64 bits per heavy atom. The van der Waals surface area contributed by atoms with Crippen molar-refractivity contribution in [3.05, 3.63) is 69.1 Å². The maximum Gasteiger partial charge on any atom is 0.292 e. The molecule has 3 fully saturated rings. The Hall–Kier alpha value is -5.21. The predicted octanol–water partition coefficient (Wildman–Crippen LogP) is 0.238. The quantitative estimate of drug-likeness (QED) is 0.0739. The first-order valence-electron chi connectivity index (χ1n) is 16.8. The number of hydrogen-bond donors (Lipinski definition) is 3. The number of β-lactam (4-membered cyclic amide) rings is 1. The number of anilines is 2. The fourth-order valence-electron chi connectivity index (χ4n) is 6.43. The summed E-state index contributed by atoms with van der Waals surface area (Å²) in [5, 5.41) is 31.9. The fraction of sp³-hybridized carbons (Fsp3) is 0.394. The minimum absolute atomic E-state index is 0.0720. The van der Waals surface area contributed by atoms with E-state index in [1.54, 1.807) is 34.2 Å². The number of aliphatic carboxylic acids is 1. The maximum absolute atomic E-state index is 13.4. The van der Waals surface area contributed by atoms with E-state index in [0.29, 0.717) is 30.2 Å². The number of oxime groups is 1. The number of allylic oxidation sites excluding steroid dienone is 1. The van der Waals surface area contributed by atoms with Crippen LogP contribution in [0.4, 0.5) is 10.3 Å². The molecule has 3 aromatic rings. The molecule has 2 atom stereocenters. The van der Waals surface area contributed by atoms with Crippen LogP contribution in [0.15, 0.2) is 58.0 Å². The molecule has 0 aromatic carbocycles. The van der Waals surface area contributed by atoms with Crippen LogP contribution in [0.5, 0.6) is 0 Å². The van der Waals surface area contributed by atoms with E-state index in [-0.39, 0.29) is 58.0 Å². The van der Waals surface area contributed by atoms with Crippen molar-refractivity contribution < 1.29 is 38.5 Å². The van der Waals surface area contributed by atoms with E-state index in [1.807, 2.05) is 12.1 Å². The van der Waals surface area contributed by atoms with E-state index >= 15 is 0 Å². The molecule has 3 aliphatic heterocycles. The Morgan fingerprint density at radius 1 is 1.19 bits per heavy atom. The summed E-state index contributed by atoms with van der Waals surface area (Å²) in [7, 11) is 0. The molecule has 0 bridgehead atoms. The van der Waals surface area contributed by atoms with Crippen molar-refractivity contribution in [2.45, 2.75) is 69.6 Å². The van der Waals surface area contributed by atoms with Crippen molar-refractivity contribution in [3.63, 3.8) is 0 Å². The van der Waals surface area contributed by atoms with Gasteiger partial charge in [-0.1, -0.05) is 16.5 Å². The second-order valence-electron chi connectivity index (χ2n) is 12.7. The van der Waals surface area contributed by atoms with Crippen LogP contribution in [-0.2, 0) is 41.9 Å². The zero-order chi connectivity index (χ0) is 37.2. The topological polar surface area (TPSA) is 229 Å². The molecule has 0 spiro atoms. The highest BCUT2D eigenvalue weighted by Gasteiger charge is 2.53. The zero-order valence-corrected chi connectivity index (χ0v) is 30.8. The number of nitrogen functional groups attached to an aromatic ring is 1. The molecule has 17 nitrogen and oxygen atoms in total. The van der Waals surface area contributed by atoms with Crippen LogP contribution in [0, 0.1) is 6.92 Å². The SMILES string of the molecule is Cc1nnc(NC(=O)C[n+]2ccc(CN3CCC(=CC4=C(C(=O)[O-])N5C(=O)[C@@H](NC(=O)C(=NOC6CCCC6)c6csc(N)n6)[C@H]5SC4)C3=O)cc2)s1. The molecule has 4 aliphatic rings. The molecular weight excluding hydrogens is 745 g/mol. The van der Waals surface area contributed by atoms with Gasteiger partial charge in [-0.05, 0) is 56.2 Å². The van der Waals surface area contributed by atoms with Crippen LogP contribution in [0.1, 0.15) is 48.4 Å². The number of carbonyl (C=O) groups is 5. The molecule has 1 saturated carbocycles. The van der Waals surface area contributed by atoms with Gasteiger partial charge in [0.15, 0.2) is 23.2 Å². The van der Waals surface area contributed by atoms with Crippen LogP contribution in [0.25, 0.3) is 0 Å². The Kier molecular flexibility index (Phi) is 10.5. The number of hydrogen-bond acceptors (Lipinski definition) is 15. The summed E-state index contributed by atoms with van der Waals surface area (Å²) >= 11 is 3.68. The van der Waals surface area contributed by atoms with Crippen molar-refractivity contribution in [2.75, 3.05) is 23.3 Å². The Balaban J connectivity index is 0.986. The minimum atomic E-state index is -1.56. The molecule has 53 heavy (non-hydrogen) atoms. The van der Waals surface area contributed by atoms with Gasteiger partial charge in [0, 0.05) is 41.9 Å². The van der Waals surface area contributed by atoms with E-state index in [2.05, 4.69) is 31.0 Å². The summed E-state index contributed by atoms with van der Waals surface area (Å²) in [6.45, 7) is 2.60. The van der Waals surface area contributed by atoms with Gasteiger partial charge in [0.05, 0.1) is 11.7 Å². The normalized spacial score (nSPS) is 21.2. The van der Waals surface area contributed by atoms with Crippen LogP contribution in [-0.4, -0.2) is 90.1 Å². The van der Waals surface area contributed by atoms with Crippen molar-refractivity contribution in [3.8, 4) is 0 Å². The van der Waals surface area contributed by atoms with E-state index in [0.717, 1.165) is 52.5 Å². The summed E-state index contributed by atoms with van der Waals surface area (Å²) in [6.07, 6.45) is 8.92. The number of rotatable bonds is 12. The highest BCUT2D eigenvalue weighted by molar-refractivity contribution is 8.00. The first kappa shape index (κ1) is 36.2. The number of nitrogens with zero attached hydrogens (tertiary/aromatic N) is 7. The van der Waals surface area contributed by atoms with Crippen LogP contribution in [0.2, 0.25) is 0 Å². The van der Waals surface area contributed by atoms with Gasteiger partial charge in [-0.25, -0.2) is 4.98 Å². The number of thiazole rings is 1. The summed E-state index contributed by atoms with van der Waals surface area (Å²) in [5.41, 5.74) is 7.08. The fourth-order valence-corrected chi connectivity index (χ4v) is 8.89. The van der Waals surface area contributed by atoms with Gasteiger partial charge < -0.3 is 30.7 Å². The number of aryl methyl sites for hydroxylation is 1. The largest absolute Gasteiger partial charge is 0.543 e. The van der Waals surface area contributed by atoms with E-state index in [4.69, 9.17) is 10.6 Å². The predicted molar refractivity (Wildman–Crippen MR) is 191 cm³/mol. The highest BCUT2D eigenvalue weighted by Crippen LogP contribution is 2.41. The van der Waals surface area contributed by atoms with Crippen molar-refractivity contribution in [1.29, 1.82) is 0 Å². The van der Waals surface area contributed by atoms with Gasteiger partial charge >= 0.3 is 0 Å². The third-order valence-electron chi connectivity index (χ3n) is 9.05. The lowest BCUT2D eigenvalue weighted by Gasteiger charge is -2.50. The van der Waals surface area contributed by atoms with Crippen LogP contribution < -0.4 is 26.0 Å². The lowest BCUT2D eigenvalue weighted by atomic mass is 10.0. The number of nitrogens with two attached hydrogens (primary N) is 1. The lowest BCUT2D eigenvalue weighted by molar-refractivity contribution is -0.684. The number of likely N-dealkylation sites (tertiary alicyclic amines) is 1. The summed E-state index contributed by atoms with van der Waals surface area (Å²) in [4.78, 5) is 77.5. The molecule has 0 unspecified atom stereocenters. The van der Waals surface area contributed by atoms with E-state index in [1.165, 1.54) is 29.2 Å². The highest BCUT2D eigenvalue weighted by atomic mass is 32.2. The van der Waals surface area contributed by atoms with Gasteiger partial charge in [0.2, 0.25) is 17.6 Å². The second-order valence-corrected chi connectivity index (χ2v) is 15.9. The number of nitrogens with one attached hydrogen (secondary N) is 2. The molecule has 276 valence electrons. The molecule has 7 rings (SSSR count). The molecule has 3 aromatic heterocycles.